The van der Waals surface area contributed by atoms with Gasteiger partial charge >= 0.3 is 0 Å². The molecule has 39 heavy (non-hydrogen) atoms. The lowest BCUT2D eigenvalue weighted by Crippen LogP contribution is -2.39. The minimum absolute atomic E-state index is 0.0879. The number of H-pyrrole nitrogens is 1. The highest BCUT2D eigenvalue weighted by molar-refractivity contribution is 7.91. The minimum Gasteiger partial charge on any atom is -0.376 e. The van der Waals surface area contributed by atoms with E-state index < -0.39 is 9.84 Å². The molecule has 5 rings (SSSR count). The Hall–Kier alpha value is -3.61. The Kier molecular flexibility index (Phi) is 8.34. The van der Waals surface area contributed by atoms with Crippen LogP contribution in [0, 0.1) is 0 Å². The molecule has 0 spiro atoms. The molecule has 0 saturated carbocycles. The lowest BCUT2D eigenvalue weighted by atomic mass is 10.1. The summed E-state index contributed by atoms with van der Waals surface area (Å²) in [6.07, 6.45) is 2.18. The Bertz CT molecular complexity index is 1400. The van der Waals surface area contributed by atoms with Crippen LogP contribution in [0.15, 0.2) is 48.5 Å². The number of hydrogen-bond donors (Lipinski definition) is 3. The summed E-state index contributed by atoms with van der Waals surface area (Å²) in [6, 6.07) is 14.5. The van der Waals surface area contributed by atoms with Crippen LogP contribution in [0.5, 0.6) is 0 Å². The molecule has 2 aliphatic rings. The van der Waals surface area contributed by atoms with E-state index in [9.17, 15) is 18.0 Å². The van der Waals surface area contributed by atoms with Crippen LogP contribution < -0.4 is 10.6 Å². The van der Waals surface area contributed by atoms with Crippen LogP contribution in [0.25, 0.3) is 11.4 Å². The first-order chi connectivity index (χ1) is 18.8. The second kappa shape index (κ2) is 12.1. The number of rotatable bonds is 9. The summed E-state index contributed by atoms with van der Waals surface area (Å²) < 4.78 is 28.8. The number of amides is 2. The molecule has 0 aliphatic carbocycles. The summed E-state index contributed by atoms with van der Waals surface area (Å²) in [6.45, 7) is 2.85. The lowest BCUT2D eigenvalue weighted by Gasteiger charge is -2.26. The molecule has 2 amide bonds. The van der Waals surface area contributed by atoms with Gasteiger partial charge in [0.25, 0.3) is 5.91 Å². The van der Waals surface area contributed by atoms with Crippen LogP contribution >= 0.6 is 0 Å². The average molecular weight is 553 g/mol. The quantitative estimate of drug-likeness (QED) is 0.364. The van der Waals surface area contributed by atoms with E-state index in [1.54, 1.807) is 30.3 Å². The van der Waals surface area contributed by atoms with Crippen LogP contribution in [0.2, 0.25) is 0 Å². The van der Waals surface area contributed by atoms with Gasteiger partial charge in [-0.3, -0.25) is 19.6 Å². The molecule has 0 bridgehead atoms. The maximum atomic E-state index is 12.9. The molecule has 0 radical (unpaired) electrons. The Balaban J connectivity index is 1.13. The van der Waals surface area contributed by atoms with Crippen molar-refractivity contribution < 1.29 is 22.7 Å². The number of hydrogen-bond acceptors (Lipinski definition) is 8. The van der Waals surface area contributed by atoms with Gasteiger partial charge in [0.2, 0.25) is 5.91 Å². The van der Waals surface area contributed by atoms with Crippen molar-refractivity contribution in [1.29, 1.82) is 0 Å². The van der Waals surface area contributed by atoms with Crippen molar-refractivity contribution in [3.63, 3.8) is 0 Å². The van der Waals surface area contributed by atoms with Crippen molar-refractivity contribution in [2.75, 3.05) is 43.1 Å². The van der Waals surface area contributed by atoms with Gasteiger partial charge in [-0.1, -0.05) is 12.1 Å². The first kappa shape index (κ1) is 27.0. The molecule has 3 N–H and O–H groups in total. The van der Waals surface area contributed by atoms with Crippen molar-refractivity contribution in [1.82, 2.24) is 25.4 Å². The number of aromatic amines is 1. The molecule has 206 valence electrons. The van der Waals surface area contributed by atoms with E-state index in [-0.39, 0.29) is 35.8 Å². The van der Waals surface area contributed by atoms with Gasteiger partial charge in [0.05, 0.1) is 24.0 Å². The number of sulfone groups is 1. The number of carbonyl (C=O) groups is 2. The van der Waals surface area contributed by atoms with E-state index in [1.807, 2.05) is 18.2 Å². The number of nitrogens with zero attached hydrogens (tertiary/aromatic N) is 3. The van der Waals surface area contributed by atoms with Crippen LogP contribution in [-0.4, -0.2) is 84.2 Å². The van der Waals surface area contributed by atoms with Gasteiger partial charge in [0.15, 0.2) is 15.7 Å². The fraction of sp³-hybridized carbons (Fsp3) is 0.407. The minimum atomic E-state index is -2.93. The van der Waals surface area contributed by atoms with Gasteiger partial charge in [0, 0.05) is 49.6 Å². The van der Waals surface area contributed by atoms with Gasteiger partial charge in [-0.15, -0.1) is 0 Å². The van der Waals surface area contributed by atoms with Crippen molar-refractivity contribution in [3.05, 3.63) is 65.5 Å². The van der Waals surface area contributed by atoms with E-state index in [4.69, 9.17) is 4.74 Å². The van der Waals surface area contributed by atoms with Gasteiger partial charge in [-0.2, -0.15) is 5.10 Å². The van der Waals surface area contributed by atoms with Gasteiger partial charge in [-0.05, 0) is 54.8 Å². The summed E-state index contributed by atoms with van der Waals surface area (Å²) in [5.74, 6) is 0.902. The summed E-state index contributed by atoms with van der Waals surface area (Å²) in [5.41, 5.74) is 2.86. The molecular formula is C27H32N6O5S. The number of benzene rings is 2. The summed E-state index contributed by atoms with van der Waals surface area (Å²) in [7, 11) is -2.93. The van der Waals surface area contributed by atoms with E-state index in [0.29, 0.717) is 49.1 Å². The smallest absolute Gasteiger partial charge is 0.255 e. The zero-order chi connectivity index (χ0) is 27.2. The summed E-state index contributed by atoms with van der Waals surface area (Å²) in [5, 5.41) is 12.8. The van der Waals surface area contributed by atoms with Crippen LogP contribution in [-0.2, 0) is 32.3 Å². The van der Waals surface area contributed by atoms with E-state index >= 15 is 0 Å². The Morgan fingerprint density at radius 3 is 2.64 bits per heavy atom. The Labute approximate surface area is 227 Å². The third-order valence-electron chi connectivity index (χ3n) is 6.84. The highest BCUT2D eigenvalue weighted by Crippen LogP contribution is 2.19. The lowest BCUT2D eigenvalue weighted by molar-refractivity contribution is -0.121. The summed E-state index contributed by atoms with van der Waals surface area (Å²) in [4.78, 5) is 31.6. The molecule has 11 nitrogen and oxygen atoms in total. The average Bonchev–Trinajstić information content (AvgIpc) is 3.62. The van der Waals surface area contributed by atoms with E-state index in [2.05, 4.69) is 30.7 Å². The van der Waals surface area contributed by atoms with Crippen LogP contribution in [0.3, 0.4) is 0 Å². The Morgan fingerprint density at radius 1 is 1.10 bits per heavy atom. The second-order valence-electron chi connectivity index (χ2n) is 9.88. The maximum absolute atomic E-state index is 12.9. The fourth-order valence-electron chi connectivity index (χ4n) is 4.63. The highest BCUT2D eigenvalue weighted by atomic mass is 32.2. The maximum Gasteiger partial charge on any atom is 0.255 e. The zero-order valence-electron chi connectivity index (χ0n) is 21.6. The number of carbonyl (C=O) groups excluding carboxylic acids is 2. The predicted octanol–water partition coefficient (Wildman–Crippen LogP) is 1.79. The van der Waals surface area contributed by atoms with Crippen LogP contribution in [0.1, 0.15) is 34.6 Å². The molecule has 2 fully saturated rings. The topological polar surface area (TPSA) is 146 Å². The van der Waals surface area contributed by atoms with Crippen molar-refractivity contribution in [2.45, 2.75) is 31.9 Å². The van der Waals surface area contributed by atoms with Gasteiger partial charge < -0.3 is 15.4 Å². The molecule has 1 aromatic heterocycles. The SMILES string of the molecule is O=C(Cc1nc(-c2ccc(NC(=O)c3cccc(CN4CCS(=O)(=O)CC4)c3)cc2)n[nH]1)NCC1CCCO1. The normalized spacial score (nSPS) is 19.0. The highest BCUT2D eigenvalue weighted by Gasteiger charge is 2.22. The molecule has 2 aromatic carbocycles. The van der Waals surface area contributed by atoms with Crippen molar-refractivity contribution in [2.24, 2.45) is 0 Å². The largest absolute Gasteiger partial charge is 0.376 e. The van der Waals surface area contributed by atoms with Gasteiger partial charge in [-0.25, -0.2) is 13.4 Å². The predicted molar refractivity (Wildman–Crippen MR) is 146 cm³/mol. The molecule has 3 aromatic rings. The molecule has 2 aliphatic heterocycles. The molecule has 3 heterocycles. The molecule has 1 atom stereocenters. The first-order valence-electron chi connectivity index (χ1n) is 13.1. The molecule has 12 heteroatoms. The number of nitrogens with one attached hydrogen (secondary N) is 3. The number of ether oxygens (including phenoxy) is 1. The number of anilines is 1. The molecule has 2 saturated heterocycles. The summed E-state index contributed by atoms with van der Waals surface area (Å²) >= 11 is 0. The first-order valence-corrected chi connectivity index (χ1v) is 14.9. The Morgan fingerprint density at radius 2 is 1.90 bits per heavy atom. The third-order valence-corrected chi connectivity index (χ3v) is 8.45. The molecular weight excluding hydrogens is 520 g/mol. The zero-order valence-corrected chi connectivity index (χ0v) is 22.4. The van der Waals surface area contributed by atoms with Crippen molar-refractivity contribution >= 4 is 27.3 Å². The standard InChI is InChI=1S/C27H32N6O5S/c34-25(28-17-23-5-2-12-38-23)16-24-30-26(32-31-24)20-6-8-22(9-7-20)29-27(35)21-4-1-3-19(15-21)18-33-10-13-39(36,37)14-11-33/h1,3-4,6-9,15,23H,2,5,10-14,16-18H2,(H,28,34)(H,29,35)(H,30,31,32). The monoisotopic (exact) mass is 552 g/mol. The van der Waals surface area contributed by atoms with E-state index in [0.717, 1.165) is 30.6 Å². The third kappa shape index (κ3) is 7.49. The fourth-order valence-corrected chi connectivity index (χ4v) is 5.91. The molecule has 1 unspecified atom stereocenters. The van der Waals surface area contributed by atoms with Crippen molar-refractivity contribution in [3.8, 4) is 11.4 Å². The van der Waals surface area contributed by atoms with Crippen LogP contribution in [0.4, 0.5) is 5.69 Å². The number of aromatic nitrogens is 3. The second-order valence-corrected chi connectivity index (χ2v) is 12.2. The van der Waals surface area contributed by atoms with Gasteiger partial charge in [0.1, 0.15) is 5.82 Å². The van der Waals surface area contributed by atoms with E-state index in [1.165, 1.54) is 0 Å².